The van der Waals surface area contributed by atoms with Crippen LogP contribution in [0, 0.1) is 5.82 Å². The van der Waals surface area contributed by atoms with Crippen molar-refractivity contribution in [2.24, 2.45) is 0 Å². The van der Waals surface area contributed by atoms with Gasteiger partial charge in [-0.15, -0.1) is 0 Å². The van der Waals surface area contributed by atoms with Crippen LogP contribution in [0.15, 0.2) is 82.6 Å². The molecule has 0 aromatic heterocycles. The topological polar surface area (TPSA) is 80.8 Å². The Morgan fingerprint density at radius 1 is 0.828 bits per heavy atom. The lowest BCUT2D eigenvalue weighted by atomic mass is 10.3. The van der Waals surface area contributed by atoms with Gasteiger partial charge in [-0.05, 0) is 30.3 Å². The normalized spacial score (nSPS) is 11.8. The Morgan fingerprint density at radius 2 is 1.28 bits per heavy atom. The molecule has 0 saturated carbocycles. The van der Waals surface area contributed by atoms with Crippen molar-refractivity contribution in [3.63, 3.8) is 0 Å². The summed E-state index contributed by atoms with van der Waals surface area (Å²) in [7, 11) is -8.08. The summed E-state index contributed by atoms with van der Waals surface area (Å²) in [5.74, 6) is -1.34. The summed E-state index contributed by atoms with van der Waals surface area (Å²) >= 11 is 5.99. The van der Waals surface area contributed by atoms with Crippen molar-refractivity contribution >= 4 is 37.3 Å². The highest BCUT2D eigenvalue weighted by atomic mass is 35.5. The third kappa shape index (κ3) is 3.93. The van der Waals surface area contributed by atoms with E-state index in [2.05, 4.69) is 0 Å². The summed E-state index contributed by atoms with van der Waals surface area (Å²) in [6.45, 7) is 0. The minimum absolute atomic E-state index is 0.166. The molecular formula is C19H15ClFNO5S2. The van der Waals surface area contributed by atoms with E-state index in [1.54, 1.807) is 12.1 Å². The monoisotopic (exact) mass is 455 g/mol. The van der Waals surface area contributed by atoms with Gasteiger partial charge in [-0.25, -0.2) is 21.2 Å². The van der Waals surface area contributed by atoms with Crippen molar-refractivity contribution < 1.29 is 26.0 Å². The fourth-order valence-corrected chi connectivity index (χ4v) is 6.61. The smallest absolute Gasteiger partial charge is 0.277 e. The van der Waals surface area contributed by atoms with Crippen LogP contribution in [0.2, 0.25) is 5.02 Å². The summed E-state index contributed by atoms with van der Waals surface area (Å²) < 4.78 is 72.5. The predicted molar refractivity (Wildman–Crippen MR) is 108 cm³/mol. The number of hydrogen-bond acceptors (Lipinski definition) is 5. The maximum atomic E-state index is 14.4. The Morgan fingerprint density at radius 3 is 1.66 bits per heavy atom. The van der Waals surface area contributed by atoms with Gasteiger partial charge in [-0.3, -0.25) is 0 Å². The zero-order chi connectivity index (χ0) is 21.2. The lowest BCUT2D eigenvalue weighted by Gasteiger charge is -2.24. The van der Waals surface area contributed by atoms with E-state index in [1.165, 1.54) is 55.6 Å². The number of anilines is 1. The molecule has 10 heteroatoms. The van der Waals surface area contributed by atoms with E-state index in [1.807, 2.05) is 0 Å². The van der Waals surface area contributed by atoms with Crippen LogP contribution in [0.4, 0.5) is 10.1 Å². The minimum Gasteiger partial charge on any atom is -0.492 e. The molecule has 0 aliphatic heterocycles. The van der Waals surface area contributed by atoms with E-state index in [-0.39, 0.29) is 24.3 Å². The Balaban J connectivity index is 2.32. The van der Waals surface area contributed by atoms with Crippen LogP contribution < -0.4 is 8.45 Å². The fraction of sp³-hybridized carbons (Fsp3) is 0.0526. The Labute approximate surface area is 173 Å². The SMILES string of the molecule is COc1c(F)cc(N(S(=O)(=O)c2ccccc2)S(=O)(=O)c2ccccc2)cc1Cl. The van der Waals surface area contributed by atoms with Gasteiger partial charge in [0.25, 0.3) is 20.0 Å². The van der Waals surface area contributed by atoms with Gasteiger partial charge >= 0.3 is 0 Å². The molecule has 0 unspecified atom stereocenters. The molecule has 0 heterocycles. The molecule has 0 radical (unpaired) electrons. The van der Waals surface area contributed by atoms with Gasteiger partial charge in [0.15, 0.2) is 11.6 Å². The average molecular weight is 456 g/mol. The molecule has 3 rings (SSSR count). The van der Waals surface area contributed by atoms with Crippen molar-refractivity contribution in [3.05, 3.63) is 83.6 Å². The van der Waals surface area contributed by atoms with E-state index in [9.17, 15) is 21.2 Å². The van der Waals surface area contributed by atoms with Gasteiger partial charge in [0, 0.05) is 6.07 Å². The summed E-state index contributed by atoms with van der Waals surface area (Å²) in [6, 6.07) is 15.7. The van der Waals surface area contributed by atoms with Crippen LogP contribution in [0.25, 0.3) is 0 Å². The van der Waals surface area contributed by atoms with E-state index in [0.717, 1.165) is 12.1 Å². The molecule has 0 N–H and O–H groups in total. The van der Waals surface area contributed by atoms with Crippen LogP contribution in [-0.2, 0) is 20.0 Å². The van der Waals surface area contributed by atoms with Crippen LogP contribution >= 0.6 is 11.6 Å². The molecule has 29 heavy (non-hydrogen) atoms. The number of ether oxygens (including phenoxy) is 1. The molecule has 0 saturated heterocycles. The van der Waals surface area contributed by atoms with Gasteiger partial charge in [-0.2, -0.15) is 3.71 Å². The number of hydrogen-bond donors (Lipinski definition) is 0. The third-order valence-corrected chi connectivity index (χ3v) is 8.41. The molecule has 0 aliphatic carbocycles. The number of nitrogens with zero attached hydrogens (tertiary/aromatic N) is 1. The van der Waals surface area contributed by atoms with Crippen LogP contribution in [0.3, 0.4) is 0 Å². The van der Waals surface area contributed by atoms with Crippen LogP contribution in [0.1, 0.15) is 0 Å². The van der Waals surface area contributed by atoms with Crippen molar-refractivity contribution in [2.75, 3.05) is 10.8 Å². The van der Waals surface area contributed by atoms with Gasteiger partial charge in [0.05, 0.1) is 27.6 Å². The predicted octanol–water partition coefficient (Wildman–Crippen LogP) is 4.07. The second-order valence-corrected chi connectivity index (χ2v) is 9.99. The highest BCUT2D eigenvalue weighted by molar-refractivity contribution is 8.10. The second-order valence-electron chi connectivity index (χ2n) is 5.78. The minimum atomic E-state index is -4.63. The summed E-state index contributed by atoms with van der Waals surface area (Å²) in [5, 5.41) is -0.279. The average Bonchev–Trinajstić information content (AvgIpc) is 2.69. The van der Waals surface area contributed by atoms with E-state index >= 15 is 0 Å². The van der Waals surface area contributed by atoms with Crippen molar-refractivity contribution in [3.8, 4) is 5.75 Å². The first-order chi connectivity index (χ1) is 13.7. The number of benzene rings is 3. The van der Waals surface area contributed by atoms with E-state index in [4.69, 9.17) is 16.3 Å². The largest absolute Gasteiger partial charge is 0.492 e. The van der Waals surface area contributed by atoms with Crippen LogP contribution in [-0.4, -0.2) is 23.9 Å². The maximum Gasteiger partial charge on any atom is 0.277 e. The molecule has 0 fully saturated rings. The third-order valence-electron chi connectivity index (χ3n) is 3.92. The molecule has 0 amide bonds. The fourth-order valence-electron chi connectivity index (χ4n) is 2.63. The Hall–Kier alpha value is -2.62. The molecule has 6 nitrogen and oxygen atoms in total. The maximum absolute atomic E-state index is 14.4. The number of methoxy groups -OCH3 is 1. The highest BCUT2D eigenvalue weighted by Gasteiger charge is 2.37. The van der Waals surface area contributed by atoms with Crippen molar-refractivity contribution in [2.45, 2.75) is 9.79 Å². The van der Waals surface area contributed by atoms with Gasteiger partial charge < -0.3 is 4.74 Å². The van der Waals surface area contributed by atoms with Gasteiger partial charge in [-0.1, -0.05) is 48.0 Å². The highest BCUT2D eigenvalue weighted by Crippen LogP contribution is 2.37. The molecular weight excluding hydrogens is 441 g/mol. The van der Waals surface area contributed by atoms with Crippen LogP contribution in [0.5, 0.6) is 5.75 Å². The number of sulfonamides is 2. The Bertz CT molecular complexity index is 1140. The van der Waals surface area contributed by atoms with Gasteiger partial charge in [0.1, 0.15) is 0 Å². The Kier molecular flexibility index (Phi) is 5.83. The first-order valence-electron chi connectivity index (χ1n) is 8.13. The first-order valence-corrected chi connectivity index (χ1v) is 11.4. The lowest BCUT2D eigenvalue weighted by molar-refractivity contribution is 0.387. The second kappa shape index (κ2) is 8.02. The molecule has 0 spiro atoms. The molecule has 0 aliphatic rings. The molecule has 0 bridgehead atoms. The quantitative estimate of drug-likeness (QED) is 0.559. The van der Waals surface area contributed by atoms with E-state index < -0.39 is 31.6 Å². The lowest BCUT2D eigenvalue weighted by Crippen LogP contribution is -2.37. The summed E-state index contributed by atoms with van der Waals surface area (Å²) in [6.07, 6.45) is 0. The van der Waals surface area contributed by atoms with Crippen molar-refractivity contribution in [1.82, 2.24) is 0 Å². The summed E-state index contributed by atoms with van der Waals surface area (Å²) in [4.78, 5) is -0.571. The van der Waals surface area contributed by atoms with E-state index in [0.29, 0.717) is 0 Å². The van der Waals surface area contributed by atoms with Gasteiger partial charge in [0.2, 0.25) is 0 Å². The first kappa shape index (κ1) is 21.1. The van der Waals surface area contributed by atoms with Crippen molar-refractivity contribution in [1.29, 1.82) is 0 Å². The number of rotatable bonds is 6. The molecule has 3 aromatic carbocycles. The number of halogens is 2. The zero-order valence-electron chi connectivity index (χ0n) is 15.0. The zero-order valence-corrected chi connectivity index (χ0v) is 17.4. The standard InChI is InChI=1S/C19H15ClFNO5S2/c1-27-19-17(20)12-14(13-18(19)21)22(28(23,24)15-8-4-2-5-9-15)29(25,26)16-10-6-3-7-11-16/h2-13H,1H3. The molecule has 0 atom stereocenters. The molecule has 3 aromatic rings. The molecule has 152 valence electrons. The summed E-state index contributed by atoms with van der Waals surface area (Å²) in [5.41, 5.74) is -0.485.